The highest BCUT2D eigenvalue weighted by molar-refractivity contribution is 6.30. The SMILES string of the molecule is Cc1cccc(-n2nc3nc(N4CCN(C(C)C)CC4)nc(-c4ccc(Cl)cc4)c3c2N)c1. The van der Waals surface area contributed by atoms with E-state index in [0.717, 1.165) is 54.1 Å². The third-order valence-corrected chi connectivity index (χ3v) is 6.50. The molecular formula is C25H28ClN7. The number of anilines is 2. The van der Waals surface area contributed by atoms with Gasteiger partial charge in [-0.05, 0) is 50.6 Å². The largest absolute Gasteiger partial charge is 0.383 e. The Balaban J connectivity index is 1.65. The molecule has 33 heavy (non-hydrogen) atoms. The van der Waals surface area contributed by atoms with E-state index < -0.39 is 0 Å². The maximum absolute atomic E-state index is 6.64. The van der Waals surface area contributed by atoms with Crippen LogP contribution in [0.25, 0.3) is 28.0 Å². The Bertz CT molecular complexity index is 1290. The summed E-state index contributed by atoms with van der Waals surface area (Å²) in [5, 5.41) is 6.23. The van der Waals surface area contributed by atoms with E-state index in [-0.39, 0.29) is 0 Å². The topological polar surface area (TPSA) is 76.1 Å². The summed E-state index contributed by atoms with van der Waals surface area (Å²) in [5.74, 6) is 1.21. The van der Waals surface area contributed by atoms with Crippen LogP contribution in [-0.4, -0.2) is 56.9 Å². The molecule has 1 saturated heterocycles. The minimum absolute atomic E-state index is 0.525. The van der Waals surface area contributed by atoms with Gasteiger partial charge in [0.15, 0.2) is 5.65 Å². The molecule has 0 atom stereocenters. The highest BCUT2D eigenvalue weighted by Gasteiger charge is 2.24. The summed E-state index contributed by atoms with van der Waals surface area (Å²) in [4.78, 5) is 14.6. The second-order valence-corrected chi connectivity index (χ2v) is 9.27. The van der Waals surface area contributed by atoms with Crippen LogP contribution >= 0.6 is 11.6 Å². The van der Waals surface area contributed by atoms with E-state index in [0.29, 0.717) is 28.5 Å². The van der Waals surface area contributed by atoms with Crippen LogP contribution in [0.1, 0.15) is 19.4 Å². The van der Waals surface area contributed by atoms with Crippen molar-refractivity contribution in [2.75, 3.05) is 36.8 Å². The number of benzene rings is 2. The van der Waals surface area contributed by atoms with E-state index in [1.165, 1.54) is 0 Å². The first kappa shape index (κ1) is 21.7. The first-order chi connectivity index (χ1) is 15.9. The molecule has 0 saturated carbocycles. The van der Waals surface area contributed by atoms with Crippen molar-refractivity contribution in [3.8, 4) is 16.9 Å². The fourth-order valence-corrected chi connectivity index (χ4v) is 4.48. The van der Waals surface area contributed by atoms with Crippen LogP contribution in [0.15, 0.2) is 48.5 Å². The van der Waals surface area contributed by atoms with Gasteiger partial charge < -0.3 is 10.6 Å². The monoisotopic (exact) mass is 461 g/mol. The van der Waals surface area contributed by atoms with Crippen molar-refractivity contribution in [2.24, 2.45) is 0 Å². The van der Waals surface area contributed by atoms with Crippen molar-refractivity contribution < 1.29 is 0 Å². The molecule has 2 N–H and O–H groups in total. The Morgan fingerprint density at radius 1 is 0.970 bits per heavy atom. The number of nitrogen functional groups attached to an aromatic ring is 1. The number of piperazine rings is 1. The molecule has 170 valence electrons. The summed E-state index contributed by atoms with van der Waals surface area (Å²) in [7, 11) is 0. The van der Waals surface area contributed by atoms with E-state index in [9.17, 15) is 0 Å². The maximum Gasteiger partial charge on any atom is 0.228 e. The zero-order valence-electron chi connectivity index (χ0n) is 19.2. The number of hydrogen-bond acceptors (Lipinski definition) is 6. The Morgan fingerprint density at radius 3 is 2.36 bits per heavy atom. The second kappa shape index (κ2) is 8.65. The molecule has 3 heterocycles. The van der Waals surface area contributed by atoms with Gasteiger partial charge in [-0.1, -0.05) is 35.9 Å². The number of aromatic nitrogens is 4. The lowest BCUT2D eigenvalue weighted by Crippen LogP contribution is -2.49. The minimum atomic E-state index is 0.525. The van der Waals surface area contributed by atoms with Crippen LogP contribution in [0.4, 0.5) is 11.8 Å². The van der Waals surface area contributed by atoms with Crippen LogP contribution in [0.5, 0.6) is 0 Å². The number of hydrogen-bond donors (Lipinski definition) is 1. The van der Waals surface area contributed by atoms with E-state index in [1.54, 1.807) is 4.68 Å². The molecule has 2 aromatic heterocycles. The van der Waals surface area contributed by atoms with Crippen LogP contribution in [0, 0.1) is 6.92 Å². The van der Waals surface area contributed by atoms with Crippen LogP contribution < -0.4 is 10.6 Å². The van der Waals surface area contributed by atoms with Gasteiger partial charge in [0.05, 0.1) is 16.8 Å². The van der Waals surface area contributed by atoms with E-state index in [2.05, 4.69) is 42.7 Å². The summed E-state index contributed by atoms with van der Waals surface area (Å²) < 4.78 is 1.76. The van der Waals surface area contributed by atoms with E-state index in [1.807, 2.05) is 36.4 Å². The van der Waals surface area contributed by atoms with Gasteiger partial charge in [0.25, 0.3) is 0 Å². The molecule has 0 amide bonds. The highest BCUT2D eigenvalue weighted by atomic mass is 35.5. The molecule has 1 aliphatic heterocycles. The van der Waals surface area contributed by atoms with E-state index in [4.69, 9.17) is 32.4 Å². The molecule has 7 nitrogen and oxygen atoms in total. The molecule has 1 fully saturated rings. The van der Waals surface area contributed by atoms with Gasteiger partial charge in [-0.2, -0.15) is 4.98 Å². The molecule has 8 heteroatoms. The van der Waals surface area contributed by atoms with Gasteiger partial charge in [0.1, 0.15) is 5.82 Å². The lowest BCUT2D eigenvalue weighted by Gasteiger charge is -2.36. The Hall–Kier alpha value is -3.16. The number of fused-ring (bicyclic) bond motifs is 1. The van der Waals surface area contributed by atoms with E-state index >= 15 is 0 Å². The van der Waals surface area contributed by atoms with Crippen LogP contribution in [-0.2, 0) is 0 Å². The Labute approximate surface area is 198 Å². The molecule has 5 rings (SSSR count). The molecule has 1 aliphatic rings. The standard InChI is InChI=1S/C25H28ClN7/c1-16(2)31-11-13-32(14-12-31)25-28-22(18-7-9-19(26)10-8-18)21-23(27)33(30-24(21)29-25)20-6-4-5-17(3)15-20/h4-10,15-16H,11-14,27H2,1-3H3. The van der Waals surface area contributed by atoms with Gasteiger partial charge >= 0.3 is 0 Å². The van der Waals surface area contributed by atoms with Crippen molar-refractivity contribution in [3.63, 3.8) is 0 Å². The third-order valence-electron chi connectivity index (χ3n) is 6.25. The summed E-state index contributed by atoms with van der Waals surface area (Å²) >= 11 is 6.15. The summed E-state index contributed by atoms with van der Waals surface area (Å²) in [6, 6.07) is 16.3. The fraction of sp³-hybridized carbons (Fsp3) is 0.320. The Morgan fingerprint density at radius 2 is 1.70 bits per heavy atom. The summed E-state index contributed by atoms with van der Waals surface area (Å²) in [5.41, 5.74) is 11.0. The number of nitrogens with two attached hydrogens (primary N) is 1. The predicted molar refractivity (Wildman–Crippen MR) is 135 cm³/mol. The smallest absolute Gasteiger partial charge is 0.228 e. The van der Waals surface area contributed by atoms with Gasteiger partial charge in [0.2, 0.25) is 5.95 Å². The lowest BCUT2D eigenvalue weighted by molar-refractivity contribution is 0.208. The predicted octanol–water partition coefficient (Wildman–Crippen LogP) is 4.56. The average molecular weight is 462 g/mol. The summed E-state index contributed by atoms with van der Waals surface area (Å²) in [6.45, 7) is 10.2. The number of halogens is 1. The Kier molecular flexibility index (Phi) is 5.68. The number of nitrogens with zero attached hydrogens (tertiary/aromatic N) is 6. The van der Waals surface area contributed by atoms with Crippen molar-refractivity contribution in [1.82, 2.24) is 24.6 Å². The van der Waals surface area contributed by atoms with Crippen molar-refractivity contribution in [2.45, 2.75) is 26.8 Å². The van der Waals surface area contributed by atoms with Crippen molar-refractivity contribution in [3.05, 3.63) is 59.1 Å². The quantitative estimate of drug-likeness (QED) is 0.480. The number of rotatable bonds is 4. The minimum Gasteiger partial charge on any atom is -0.383 e. The highest BCUT2D eigenvalue weighted by Crippen LogP contribution is 2.34. The molecular weight excluding hydrogens is 434 g/mol. The molecule has 4 aromatic rings. The first-order valence-corrected chi connectivity index (χ1v) is 11.7. The molecule has 0 aliphatic carbocycles. The fourth-order valence-electron chi connectivity index (χ4n) is 4.35. The zero-order valence-corrected chi connectivity index (χ0v) is 19.9. The second-order valence-electron chi connectivity index (χ2n) is 8.83. The maximum atomic E-state index is 6.64. The third kappa shape index (κ3) is 4.14. The van der Waals surface area contributed by atoms with Gasteiger partial charge in [0, 0.05) is 42.8 Å². The molecule has 0 radical (unpaired) electrons. The van der Waals surface area contributed by atoms with Crippen LogP contribution in [0.2, 0.25) is 5.02 Å². The first-order valence-electron chi connectivity index (χ1n) is 11.3. The molecule has 0 spiro atoms. The lowest BCUT2D eigenvalue weighted by atomic mass is 10.1. The molecule has 2 aromatic carbocycles. The molecule has 0 bridgehead atoms. The van der Waals surface area contributed by atoms with Crippen molar-refractivity contribution >= 4 is 34.4 Å². The average Bonchev–Trinajstić information content (AvgIpc) is 3.15. The van der Waals surface area contributed by atoms with Crippen LogP contribution in [0.3, 0.4) is 0 Å². The van der Waals surface area contributed by atoms with Gasteiger partial charge in [-0.15, -0.1) is 5.10 Å². The van der Waals surface area contributed by atoms with Gasteiger partial charge in [-0.25, -0.2) is 9.67 Å². The summed E-state index contributed by atoms with van der Waals surface area (Å²) in [6.07, 6.45) is 0. The number of aryl methyl sites for hydroxylation is 1. The van der Waals surface area contributed by atoms with Crippen molar-refractivity contribution in [1.29, 1.82) is 0 Å². The normalized spacial score (nSPS) is 15.0. The molecule has 0 unspecified atom stereocenters. The van der Waals surface area contributed by atoms with Gasteiger partial charge in [-0.3, -0.25) is 4.90 Å². The zero-order chi connectivity index (χ0) is 23.1.